The monoisotopic (exact) mass is 314 g/mol. The molecular weight excluding hydrogens is 292 g/mol. The van der Waals surface area contributed by atoms with Gasteiger partial charge in [-0.25, -0.2) is 0 Å². The Kier molecular flexibility index (Phi) is 5.77. The first-order valence-corrected chi connectivity index (χ1v) is 7.92. The highest BCUT2D eigenvalue weighted by Gasteiger charge is 2.36. The van der Waals surface area contributed by atoms with E-state index in [1.807, 2.05) is 60.7 Å². The number of aliphatic hydroxyl groups excluding tert-OH is 1. The fourth-order valence-corrected chi connectivity index (χ4v) is 2.66. The van der Waals surface area contributed by atoms with Gasteiger partial charge < -0.3 is 19.3 Å². The molecule has 1 fully saturated rings. The van der Waals surface area contributed by atoms with Gasteiger partial charge in [0, 0.05) is 6.42 Å². The van der Waals surface area contributed by atoms with Crippen LogP contribution in [0.4, 0.5) is 0 Å². The van der Waals surface area contributed by atoms with Crippen LogP contribution in [-0.4, -0.2) is 30.2 Å². The van der Waals surface area contributed by atoms with Crippen LogP contribution in [0.5, 0.6) is 0 Å². The van der Waals surface area contributed by atoms with Crippen LogP contribution >= 0.6 is 0 Å². The standard InChI is InChI=1S/C19H22O4/c20-12-18-17(21-13-15-7-3-1-4-8-15)11-19(23-18)22-14-16-9-5-2-6-10-16/h1-10,17-20H,11-14H2/t17-,18+,19+/m1/s1. The molecule has 3 rings (SSSR count). The molecule has 1 saturated heterocycles. The zero-order valence-electron chi connectivity index (χ0n) is 13.0. The van der Waals surface area contributed by atoms with E-state index in [0.717, 1.165) is 11.1 Å². The molecule has 1 aliphatic heterocycles. The van der Waals surface area contributed by atoms with Gasteiger partial charge in [-0.2, -0.15) is 0 Å². The van der Waals surface area contributed by atoms with Crippen molar-refractivity contribution in [2.45, 2.75) is 38.1 Å². The molecule has 122 valence electrons. The van der Waals surface area contributed by atoms with Crippen molar-refractivity contribution < 1.29 is 19.3 Å². The molecular formula is C19H22O4. The van der Waals surface area contributed by atoms with Crippen molar-refractivity contribution in [1.82, 2.24) is 0 Å². The number of rotatable bonds is 7. The number of ether oxygens (including phenoxy) is 3. The Balaban J connectivity index is 1.49. The van der Waals surface area contributed by atoms with E-state index in [1.165, 1.54) is 0 Å². The lowest BCUT2D eigenvalue weighted by molar-refractivity contribution is -0.151. The second-order valence-electron chi connectivity index (χ2n) is 5.65. The number of hydrogen-bond donors (Lipinski definition) is 1. The molecule has 0 unspecified atom stereocenters. The number of hydrogen-bond acceptors (Lipinski definition) is 4. The summed E-state index contributed by atoms with van der Waals surface area (Å²) in [4.78, 5) is 0. The van der Waals surface area contributed by atoms with Gasteiger partial charge >= 0.3 is 0 Å². The summed E-state index contributed by atoms with van der Waals surface area (Å²) in [6.45, 7) is 0.941. The van der Waals surface area contributed by atoms with Gasteiger partial charge in [0.25, 0.3) is 0 Å². The van der Waals surface area contributed by atoms with E-state index >= 15 is 0 Å². The maximum Gasteiger partial charge on any atom is 0.161 e. The van der Waals surface area contributed by atoms with Gasteiger partial charge in [0.2, 0.25) is 0 Å². The third-order valence-electron chi connectivity index (χ3n) is 3.93. The Morgan fingerprint density at radius 2 is 1.43 bits per heavy atom. The van der Waals surface area contributed by atoms with Crippen LogP contribution in [0.25, 0.3) is 0 Å². The third kappa shape index (κ3) is 4.62. The molecule has 23 heavy (non-hydrogen) atoms. The van der Waals surface area contributed by atoms with Gasteiger partial charge in [0.05, 0.1) is 25.9 Å². The van der Waals surface area contributed by atoms with Crippen LogP contribution in [-0.2, 0) is 27.4 Å². The summed E-state index contributed by atoms with van der Waals surface area (Å²) in [6.07, 6.45) is -0.196. The van der Waals surface area contributed by atoms with Crippen molar-refractivity contribution in [3.05, 3.63) is 71.8 Å². The molecule has 1 heterocycles. The first-order valence-electron chi connectivity index (χ1n) is 7.92. The maximum atomic E-state index is 9.48. The Morgan fingerprint density at radius 3 is 2.00 bits per heavy atom. The van der Waals surface area contributed by atoms with Crippen LogP contribution in [0, 0.1) is 0 Å². The summed E-state index contributed by atoms with van der Waals surface area (Å²) < 4.78 is 17.4. The van der Waals surface area contributed by atoms with E-state index in [-0.39, 0.29) is 25.1 Å². The smallest absolute Gasteiger partial charge is 0.161 e. The van der Waals surface area contributed by atoms with Crippen LogP contribution < -0.4 is 0 Å². The third-order valence-corrected chi connectivity index (χ3v) is 3.93. The van der Waals surface area contributed by atoms with Crippen molar-refractivity contribution >= 4 is 0 Å². The molecule has 0 saturated carbocycles. The molecule has 4 heteroatoms. The highest BCUT2D eigenvalue weighted by molar-refractivity contribution is 5.14. The average molecular weight is 314 g/mol. The Labute approximate surface area is 136 Å². The van der Waals surface area contributed by atoms with Gasteiger partial charge in [-0.3, -0.25) is 0 Å². The van der Waals surface area contributed by atoms with Crippen LogP contribution in [0.1, 0.15) is 17.5 Å². The molecule has 1 N–H and O–H groups in total. The van der Waals surface area contributed by atoms with E-state index in [1.54, 1.807) is 0 Å². The van der Waals surface area contributed by atoms with Crippen LogP contribution in [0.15, 0.2) is 60.7 Å². The quantitative estimate of drug-likeness (QED) is 0.854. The predicted molar refractivity (Wildman–Crippen MR) is 86.6 cm³/mol. The van der Waals surface area contributed by atoms with Crippen molar-refractivity contribution in [2.75, 3.05) is 6.61 Å². The predicted octanol–water partition coefficient (Wildman–Crippen LogP) is 2.90. The Hall–Kier alpha value is -1.72. The minimum absolute atomic E-state index is 0.0648. The molecule has 0 spiro atoms. The molecule has 2 aromatic rings. The Morgan fingerprint density at radius 1 is 0.870 bits per heavy atom. The summed E-state index contributed by atoms with van der Waals surface area (Å²) >= 11 is 0. The molecule has 2 aromatic carbocycles. The summed E-state index contributed by atoms with van der Waals surface area (Å²) in [6, 6.07) is 20.0. The highest BCUT2D eigenvalue weighted by atomic mass is 16.7. The van der Waals surface area contributed by atoms with Crippen molar-refractivity contribution in [3.8, 4) is 0 Å². The fraction of sp³-hybridized carbons (Fsp3) is 0.368. The molecule has 0 bridgehead atoms. The van der Waals surface area contributed by atoms with Crippen LogP contribution in [0.3, 0.4) is 0 Å². The summed E-state index contributed by atoms with van der Waals surface area (Å²) in [5.74, 6) is 0. The molecule has 0 aliphatic carbocycles. The second kappa shape index (κ2) is 8.22. The molecule has 3 atom stereocenters. The van der Waals surface area contributed by atoms with Gasteiger partial charge in [0.1, 0.15) is 6.10 Å². The SMILES string of the molecule is OC[C@@H]1O[C@H](OCc2ccccc2)C[C@H]1OCc1ccccc1. The summed E-state index contributed by atoms with van der Waals surface area (Å²) in [5, 5.41) is 9.48. The fourth-order valence-electron chi connectivity index (χ4n) is 2.66. The van der Waals surface area contributed by atoms with Gasteiger partial charge in [-0.1, -0.05) is 60.7 Å². The van der Waals surface area contributed by atoms with Crippen molar-refractivity contribution in [3.63, 3.8) is 0 Å². The normalized spacial score (nSPS) is 24.0. The number of benzene rings is 2. The molecule has 0 amide bonds. The highest BCUT2D eigenvalue weighted by Crippen LogP contribution is 2.25. The topological polar surface area (TPSA) is 47.9 Å². The van der Waals surface area contributed by atoms with E-state index in [4.69, 9.17) is 14.2 Å². The zero-order chi connectivity index (χ0) is 15.9. The minimum Gasteiger partial charge on any atom is -0.394 e. The first-order chi connectivity index (χ1) is 11.3. The first kappa shape index (κ1) is 16.1. The lowest BCUT2D eigenvalue weighted by atomic mass is 10.2. The summed E-state index contributed by atoms with van der Waals surface area (Å²) in [5.41, 5.74) is 2.21. The van der Waals surface area contributed by atoms with E-state index < -0.39 is 0 Å². The molecule has 1 aliphatic rings. The van der Waals surface area contributed by atoms with Crippen molar-refractivity contribution in [2.24, 2.45) is 0 Å². The maximum absolute atomic E-state index is 9.48. The second-order valence-corrected chi connectivity index (χ2v) is 5.65. The van der Waals surface area contributed by atoms with E-state index in [9.17, 15) is 5.11 Å². The molecule has 4 nitrogen and oxygen atoms in total. The number of aliphatic hydroxyl groups is 1. The van der Waals surface area contributed by atoms with Crippen LogP contribution in [0.2, 0.25) is 0 Å². The van der Waals surface area contributed by atoms with Crippen molar-refractivity contribution in [1.29, 1.82) is 0 Å². The lowest BCUT2D eigenvalue weighted by Crippen LogP contribution is -2.27. The lowest BCUT2D eigenvalue weighted by Gasteiger charge is -2.16. The average Bonchev–Trinajstić information content (AvgIpc) is 3.02. The van der Waals surface area contributed by atoms with Gasteiger partial charge in [0.15, 0.2) is 6.29 Å². The summed E-state index contributed by atoms with van der Waals surface area (Å²) in [7, 11) is 0. The minimum atomic E-state index is -0.340. The molecule has 0 aromatic heterocycles. The molecule has 0 radical (unpaired) electrons. The van der Waals surface area contributed by atoms with E-state index in [0.29, 0.717) is 19.6 Å². The zero-order valence-corrected chi connectivity index (χ0v) is 13.0. The van der Waals surface area contributed by atoms with Gasteiger partial charge in [-0.15, -0.1) is 0 Å². The Bertz CT molecular complexity index is 572. The largest absolute Gasteiger partial charge is 0.394 e. The van der Waals surface area contributed by atoms with E-state index in [2.05, 4.69) is 0 Å². The van der Waals surface area contributed by atoms with Gasteiger partial charge in [-0.05, 0) is 11.1 Å².